The van der Waals surface area contributed by atoms with Crippen LogP contribution in [-0.4, -0.2) is 21.0 Å². The maximum absolute atomic E-state index is 10.1. The predicted molar refractivity (Wildman–Crippen MR) is 69.2 cm³/mol. The summed E-state index contributed by atoms with van der Waals surface area (Å²) in [6, 6.07) is 2.38. The summed E-state index contributed by atoms with van der Waals surface area (Å²) in [6.07, 6.45) is 3.81. The number of hydrogen-bond donors (Lipinski definition) is 1. The van der Waals surface area contributed by atoms with E-state index in [1.54, 1.807) is 0 Å². The quantitative estimate of drug-likeness (QED) is 0.857. The van der Waals surface area contributed by atoms with E-state index in [4.69, 9.17) is 0 Å². The normalized spacial score (nSPS) is 25.5. The van der Waals surface area contributed by atoms with Gasteiger partial charge in [-0.15, -0.1) is 0 Å². The first-order chi connectivity index (χ1) is 7.93. The second-order valence-corrected chi connectivity index (χ2v) is 6.13. The molecule has 96 valence electrons. The topological polar surface area (TPSA) is 38.0 Å². The third-order valence-corrected chi connectivity index (χ3v) is 3.68. The van der Waals surface area contributed by atoms with Crippen LogP contribution in [0, 0.1) is 0 Å². The van der Waals surface area contributed by atoms with Crippen LogP contribution in [0.15, 0.2) is 6.07 Å². The number of aliphatic hydroxyl groups excluding tert-OH is 1. The van der Waals surface area contributed by atoms with Crippen LogP contribution < -0.4 is 0 Å². The van der Waals surface area contributed by atoms with Gasteiger partial charge in [0.15, 0.2) is 0 Å². The second-order valence-electron chi connectivity index (χ2n) is 6.13. The highest BCUT2D eigenvalue weighted by molar-refractivity contribution is 5.19. The van der Waals surface area contributed by atoms with Gasteiger partial charge < -0.3 is 5.11 Å². The Balaban J connectivity index is 2.41. The molecule has 1 saturated carbocycles. The summed E-state index contributed by atoms with van der Waals surface area (Å²) in [5.41, 5.74) is 2.47. The molecule has 3 heteroatoms. The largest absolute Gasteiger partial charge is 0.391 e. The second kappa shape index (κ2) is 4.45. The van der Waals surface area contributed by atoms with E-state index in [0.717, 1.165) is 31.4 Å². The van der Waals surface area contributed by atoms with E-state index >= 15 is 0 Å². The van der Waals surface area contributed by atoms with Crippen LogP contribution in [0.1, 0.15) is 64.4 Å². The first-order valence-electron chi connectivity index (χ1n) is 6.70. The molecule has 0 aromatic carbocycles. The van der Waals surface area contributed by atoms with Crippen molar-refractivity contribution in [3.8, 4) is 0 Å². The summed E-state index contributed by atoms with van der Waals surface area (Å²) >= 11 is 0. The van der Waals surface area contributed by atoms with Crippen molar-refractivity contribution in [2.45, 2.75) is 70.9 Å². The predicted octanol–water partition coefficient (Wildman–Crippen LogP) is 2.83. The number of hydrogen-bond acceptors (Lipinski definition) is 2. The molecule has 2 atom stereocenters. The number of aliphatic hydroxyl groups is 1. The fraction of sp³-hybridized carbons (Fsp3) is 0.786. The Labute approximate surface area is 104 Å². The van der Waals surface area contributed by atoms with E-state index in [2.05, 4.69) is 43.5 Å². The lowest BCUT2D eigenvalue weighted by Gasteiger charge is -2.25. The molecule has 1 aliphatic carbocycles. The number of rotatable bonds is 2. The molecule has 17 heavy (non-hydrogen) atoms. The average molecular weight is 236 g/mol. The smallest absolute Gasteiger partial charge is 0.0781 e. The van der Waals surface area contributed by atoms with Gasteiger partial charge in [0.25, 0.3) is 0 Å². The Morgan fingerprint density at radius 3 is 2.59 bits per heavy atom. The third-order valence-electron chi connectivity index (χ3n) is 3.68. The van der Waals surface area contributed by atoms with Gasteiger partial charge in [0, 0.05) is 11.1 Å². The third kappa shape index (κ3) is 2.39. The van der Waals surface area contributed by atoms with Crippen LogP contribution in [0.2, 0.25) is 0 Å². The summed E-state index contributed by atoms with van der Waals surface area (Å²) in [7, 11) is 0. The molecule has 3 nitrogen and oxygen atoms in total. The van der Waals surface area contributed by atoms with Crippen molar-refractivity contribution < 1.29 is 5.11 Å². The summed E-state index contributed by atoms with van der Waals surface area (Å²) in [5.74, 6) is 0. The molecule has 1 heterocycles. The first-order valence-corrected chi connectivity index (χ1v) is 6.70. The fourth-order valence-electron chi connectivity index (χ4n) is 2.64. The molecular formula is C14H24N2O. The van der Waals surface area contributed by atoms with Gasteiger partial charge in [0.05, 0.1) is 17.8 Å². The van der Waals surface area contributed by atoms with Gasteiger partial charge >= 0.3 is 0 Å². The summed E-state index contributed by atoms with van der Waals surface area (Å²) in [4.78, 5) is 0. The lowest BCUT2D eigenvalue weighted by molar-refractivity contribution is 0.126. The molecule has 0 amide bonds. The molecule has 2 unspecified atom stereocenters. The monoisotopic (exact) mass is 236 g/mol. The first kappa shape index (κ1) is 12.6. The Hall–Kier alpha value is -0.830. The molecule has 1 N–H and O–H groups in total. The van der Waals surface area contributed by atoms with E-state index in [1.165, 1.54) is 5.69 Å². The lowest BCUT2D eigenvalue weighted by Crippen LogP contribution is -2.26. The Kier molecular flexibility index (Phi) is 3.30. The molecule has 0 saturated heterocycles. The van der Waals surface area contributed by atoms with Crippen molar-refractivity contribution in [1.29, 1.82) is 0 Å². The summed E-state index contributed by atoms with van der Waals surface area (Å²) in [5, 5.41) is 14.7. The van der Waals surface area contributed by atoms with E-state index in [-0.39, 0.29) is 17.6 Å². The zero-order valence-corrected chi connectivity index (χ0v) is 11.4. The zero-order valence-electron chi connectivity index (χ0n) is 11.4. The SMILES string of the molecule is CCc1cc(C(C)(C)C)n(C2CCCC2O)n1. The summed E-state index contributed by atoms with van der Waals surface area (Å²) < 4.78 is 2.09. The average Bonchev–Trinajstić information content (AvgIpc) is 2.81. The van der Waals surface area contributed by atoms with Crippen LogP contribution in [0.25, 0.3) is 0 Å². The van der Waals surface area contributed by atoms with Crippen LogP contribution in [0.4, 0.5) is 0 Å². The number of nitrogens with zero attached hydrogens (tertiary/aromatic N) is 2. The lowest BCUT2D eigenvalue weighted by atomic mass is 9.91. The Morgan fingerprint density at radius 2 is 2.12 bits per heavy atom. The van der Waals surface area contributed by atoms with E-state index in [1.807, 2.05) is 0 Å². The van der Waals surface area contributed by atoms with Gasteiger partial charge in [0.2, 0.25) is 0 Å². The minimum atomic E-state index is -0.222. The molecule has 0 radical (unpaired) electrons. The molecule has 1 aromatic rings. The molecule has 0 aliphatic heterocycles. The number of aromatic nitrogens is 2. The van der Waals surface area contributed by atoms with Crippen molar-refractivity contribution in [2.24, 2.45) is 0 Å². The molecule has 1 aromatic heterocycles. The van der Waals surface area contributed by atoms with Crippen molar-refractivity contribution in [3.05, 3.63) is 17.5 Å². The van der Waals surface area contributed by atoms with Gasteiger partial charge in [-0.05, 0) is 31.7 Å². The molecule has 0 spiro atoms. The highest BCUT2D eigenvalue weighted by Gasteiger charge is 2.32. The van der Waals surface area contributed by atoms with E-state index < -0.39 is 0 Å². The molecule has 1 aliphatic rings. The zero-order chi connectivity index (χ0) is 12.6. The van der Waals surface area contributed by atoms with Crippen molar-refractivity contribution in [2.75, 3.05) is 0 Å². The fourth-order valence-corrected chi connectivity index (χ4v) is 2.64. The molecule has 1 fully saturated rings. The maximum Gasteiger partial charge on any atom is 0.0781 e. The number of aryl methyl sites for hydroxylation is 1. The van der Waals surface area contributed by atoms with E-state index in [9.17, 15) is 5.11 Å². The van der Waals surface area contributed by atoms with Gasteiger partial charge in [-0.3, -0.25) is 4.68 Å². The molecule has 2 rings (SSSR count). The van der Waals surface area contributed by atoms with Gasteiger partial charge in [-0.2, -0.15) is 5.10 Å². The van der Waals surface area contributed by atoms with Crippen molar-refractivity contribution in [1.82, 2.24) is 9.78 Å². The maximum atomic E-state index is 10.1. The van der Waals surface area contributed by atoms with Crippen LogP contribution in [-0.2, 0) is 11.8 Å². The highest BCUT2D eigenvalue weighted by Crippen LogP contribution is 2.34. The van der Waals surface area contributed by atoms with Gasteiger partial charge in [0.1, 0.15) is 0 Å². The van der Waals surface area contributed by atoms with E-state index in [0.29, 0.717) is 0 Å². The molecule has 0 bridgehead atoms. The van der Waals surface area contributed by atoms with Crippen LogP contribution >= 0.6 is 0 Å². The Morgan fingerprint density at radius 1 is 1.41 bits per heavy atom. The van der Waals surface area contributed by atoms with Gasteiger partial charge in [-0.1, -0.05) is 27.7 Å². The van der Waals surface area contributed by atoms with Crippen molar-refractivity contribution in [3.63, 3.8) is 0 Å². The Bertz CT molecular complexity index is 389. The standard InChI is InChI=1S/C14H24N2O/c1-5-10-9-13(14(2,3)4)16(15-10)11-7-6-8-12(11)17/h9,11-12,17H,5-8H2,1-4H3. The van der Waals surface area contributed by atoms with Crippen LogP contribution in [0.5, 0.6) is 0 Å². The van der Waals surface area contributed by atoms with Crippen molar-refractivity contribution >= 4 is 0 Å². The minimum absolute atomic E-state index is 0.0860. The van der Waals surface area contributed by atoms with Gasteiger partial charge in [-0.25, -0.2) is 0 Å². The summed E-state index contributed by atoms with van der Waals surface area (Å²) in [6.45, 7) is 8.76. The highest BCUT2D eigenvalue weighted by atomic mass is 16.3. The molecular weight excluding hydrogens is 212 g/mol. The van der Waals surface area contributed by atoms with Crippen LogP contribution in [0.3, 0.4) is 0 Å². The minimum Gasteiger partial charge on any atom is -0.391 e.